The third-order valence-corrected chi connectivity index (χ3v) is 1.64. The highest BCUT2D eigenvalue weighted by Gasteiger charge is 2.25. The van der Waals surface area contributed by atoms with E-state index in [1.54, 1.807) is 30.3 Å². The van der Waals surface area contributed by atoms with Crippen molar-refractivity contribution in [3.05, 3.63) is 35.4 Å². The highest BCUT2D eigenvalue weighted by molar-refractivity contribution is 6.21. The summed E-state index contributed by atoms with van der Waals surface area (Å²) in [6.45, 7) is 1.43. The number of fused-ring (bicyclic) bond motifs is 1. The van der Waals surface area contributed by atoms with E-state index in [4.69, 9.17) is 5.26 Å². The van der Waals surface area contributed by atoms with Gasteiger partial charge >= 0.3 is 0 Å². The maximum Gasteiger partial charge on any atom is 0.258 e. The van der Waals surface area contributed by atoms with E-state index in [0.717, 1.165) is 0 Å². The SMILES string of the molecule is CC#N.O=C1NC(=O)c2ccccc21. The van der Waals surface area contributed by atoms with Crippen molar-refractivity contribution in [2.24, 2.45) is 0 Å². The normalized spacial score (nSPS) is 12.0. The van der Waals surface area contributed by atoms with Gasteiger partial charge in [0.05, 0.1) is 17.2 Å². The van der Waals surface area contributed by atoms with Crippen LogP contribution in [0.15, 0.2) is 24.3 Å². The molecule has 4 heteroatoms. The number of amides is 2. The van der Waals surface area contributed by atoms with E-state index < -0.39 is 0 Å². The summed E-state index contributed by atoms with van der Waals surface area (Å²) in [5.74, 6) is -0.601. The van der Waals surface area contributed by atoms with Crippen LogP contribution in [-0.4, -0.2) is 11.8 Å². The van der Waals surface area contributed by atoms with Gasteiger partial charge in [-0.1, -0.05) is 12.1 Å². The molecule has 14 heavy (non-hydrogen) atoms. The van der Waals surface area contributed by atoms with Gasteiger partial charge < -0.3 is 0 Å². The maximum atomic E-state index is 10.9. The number of rotatable bonds is 0. The number of carbonyl (C=O) groups excluding carboxylic acids is 2. The summed E-state index contributed by atoms with van der Waals surface area (Å²) in [4.78, 5) is 21.9. The molecular weight excluding hydrogens is 180 g/mol. The topological polar surface area (TPSA) is 70.0 Å². The molecule has 2 amide bonds. The Kier molecular flexibility index (Phi) is 2.97. The second-order valence-electron chi connectivity index (χ2n) is 2.55. The molecule has 2 rings (SSSR count). The van der Waals surface area contributed by atoms with E-state index in [1.165, 1.54) is 6.92 Å². The van der Waals surface area contributed by atoms with Crippen molar-refractivity contribution in [3.63, 3.8) is 0 Å². The molecule has 0 bridgehead atoms. The number of carbonyl (C=O) groups is 2. The lowest BCUT2D eigenvalue weighted by molar-refractivity contribution is 0.0879. The first kappa shape index (κ1) is 9.93. The van der Waals surface area contributed by atoms with E-state index in [-0.39, 0.29) is 11.8 Å². The number of nitrogens with zero attached hydrogens (tertiary/aromatic N) is 1. The maximum absolute atomic E-state index is 10.9. The van der Waals surface area contributed by atoms with Gasteiger partial charge in [-0.05, 0) is 12.1 Å². The van der Waals surface area contributed by atoms with E-state index in [9.17, 15) is 9.59 Å². The lowest BCUT2D eigenvalue weighted by Gasteiger charge is -1.88. The van der Waals surface area contributed by atoms with Crippen molar-refractivity contribution in [3.8, 4) is 6.07 Å². The van der Waals surface area contributed by atoms with Crippen LogP contribution in [0.25, 0.3) is 0 Å². The molecule has 0 fully saturated rings. The van der Waals surface area contributed by atoms with Crippen LogP contribution in [0, 0.1) is 11.3 Å². The zero-order chi connectivity index (χ0) is 10.6. The number of nitrogens with one attached hydrogen (secondary N) is 1. The van der Waals surface area contributed by atoms with Crippen LogP contribution in [0.1, 0.15) is 27.6 Å². The molecule has 70 valence electrons. The molecular formula is C10H8N2O2. The van der Waals surface area contributed by atoms with Crippen molar-refractivity contribution < 1.29 is 9.59 Å². The molecule has 0 radical (unpaired) electrons. The predicted molar refractivity (Wildman–Crippen MR) is 49.5 cm³/mol. The fraction of sp³-hybridized carbons (Fsp3) is 0.100. The van der Waals surface area contributed by atoms with E-state index in [2.05, 4.69) is 5.32 Å². The van der Waals surface area contributed by atoms with Gasteiger partial charge in [-0.25, -0.2) is 0 Å². The summed E-state index contributed by atoms with van der Waals surface area (Å²) in [5, 5.41) is 9.52. The van der Waals surface area contributed by atoms with Gasteiger partial charge in [-0.2, -0.15) is 5.26 Å². The first-order valence-corrected chi connectivity index (χ1v) is 3.96. The molecule has 0 atom stereocenters. The van der Waals surface area contributed by atoms with E-state index in [1.807, 2.05) is 0 Å². The lowest BCUT2D eigenvalue weighted by Crippen LogP contribution is -2.19. The highest BCUT2D eigenvalue weighted by Crippen LogP contribution is 2.13. The van der Waals surface area contributed by atoms with Crippen LogP contribution < -0.4 is 5.32 Å². The van der Waals surface area contributed by atoms with Crippen LogP contribution in [0.5, 0.6) is 0 Å². The Balaban J connectivity index is 0.000000293. The van der Waals surface area contributed by atoms with E-state index >= 15 is 0 Å². The minimum Gasteiger partial charge on any atom is -0.288 e. The van der Waals surface area contributed by atoms with Crippen molar-refractivity contribution in [1.82, 2.24) is 5.32 Å². The van der Waals surface area contributed by atoms with Gasteiger partial charge in [0.25, 0.3) is 11.8 Å². The summed E-state index contributed by atoms with van der Waals surface area (Å²) in [7, 11) is 0. The Morgan fingerprint density at radius 1 is 1.14 bits per heavy atom. The molecule has 0 aromatic heterocycles. The fourth-order valence-electron chi connectivity index (χ4n) is 1.12. The smallest absolute Gasteiger partial charge is 0.258 e. The molecule has 0 aliphatic carbocycles. The summed E-state index contributed by atoms with van der Waals surface area (Å²) >= 11 is 0. The van der Waals surface area contributed by atoms with Crippen LogP contribution in [-0.2, 0) is 0 Å². The molecule has 4 nitrogen and oxygen atoms in total. The second kappa shape index (κ2) is 4.19. The number of nitriles is 1. The van der Waals surface area contributed by atoms with Gasteiger partial charge in [-0.15, -0.1) is 0 Å². The molecule has 1 aromatic rings. The first-order chi connectivity index (χ1) is 6.70. The average molecular weight is 188 g/mol. The monoisotopic (exact) mass is 188 g/mol. The Morgan fingerprint density at radius 2 is 1.50 bits per heavy atom. The molecule has 0 spiro atoms. The number of imide groups is 1. The second-order valence-corrected chi connectivity index (χ2v) is 2.55. The summed E-state index contributed by atoms with van der Waals surface area (Å²) in [6, 6.07) is 8.49. The van der Waals surface area contributed by atoms with Gasteiger partial charge in [0, 0.05) is 6.92 Å². The number of benzene rings is 1. The van der Waals surface area contributed by atoms with Crippen molar-refractivity contribution in [1.29, 1.82) is 5.26 Å². The minimum atomic E-state index is -0.300. The van der Waals surface area contributed by atoms with Crippen LogP contribution in [0.3, 0.4) is 0 Å². The van der Waals surface area contributed by atoms with Crippen molar-refractivity contribution in [2.75, 3.05) is 0 Å². The first-order valence-electron chi connectivity index (χ1n) is 3.96. The van der Waals surface area contributed by atoms with Gasteiger partial charge in [0.15, 0.2) is 0 Å². The summed E-state index contributed by atoms with van der Waals surface area (Å²) in [5.41, 5.74) is 0.940. The molecule has 0 saturated heterocycles. The predicted octanol–water partition coefficient (Wildman–Crippen LogP) is 1.10. The van der Waals surface area contributed by atoms with Crippen LogP contribution in [0.2, 0.25) is 0 Å². The molecule has 1 aliphatic heterocycles. The minimum absolute atomic E-state index is 0.300. The molecule has 1 aliphatic rings. The van der Waals surface area contributed by atoms with E-state index in [0.29, 0.717) is 11.1 Å². The fourth-order valence-corrected chi connectivity index (χ4v) is 1.12. The Labute approximate surface area is 81.2 Å². The zero-order valence-electron chi connectivity index (χ0n) is 7.57. The van der Waals surface area contributed by atoms with Gasteiger partial charge in [-0.3, -0.25) is 14.9 Å². The molecule has 1 N–H and O–H groups in total. The summed E-state index contributed by atoms with van der Waals surface area (Å²) in [6.07, 6.45) is 0. The highest BCUT2D eigenvalue weighted by atomic mass is 16.2. The third kappa shape index (κ3) is 1.77. The van der Waals surface area contributed by atoms with Crippen LogP contribution in [0.4, 0.5) is 0 Å². The summed E-state index contributed by atoms with van der Waals surface area (Å²) < 4.78 is 0. The standard InChI is InChI=1S/C8H5NO2.C2H3N/c10-7-5-3-1-2-4-6(5)8(11)9-7;1-2-3/h1-4H,(H,9,10,11);1H3. The zero-order valence-corrected chi connectivity index (χ0v) is 7.57. The van der Waals surface area contributed by atoms with Gasteiger partial charge in [0.2, 0.25) is 0 Å². The Bertz CT molecular complexity index is 385. The molecule has 0 unspecified atom stereocenters. The van der Waals surface area contributed by atoms with Crippen molar-refractivity contribution in [2.45, 2.75) is 6.92 Å². The van der Waals surface area contributed by atoms with Gasteiger partial charge in [0.1, 0.15) is 0 Å². The Morgan fingerprint density at radius 3 is 1.86 bits per heavy atom. The average Bonchev–Trinajstić information content (AvgIpc) is 2.45. The molecule has 1 aromatic carbocycles. The number of hydrogen-bond acceptors (Lipinski definition) is 3. The Hall–Kier alpha value is -2.15. The molecule has 0 saturated carbocycles. The number of hydrogen-bond donors (Lipinski definition) is 1. The largest absolute Gasteiger partial charge is 0.288 e. The third-order valence-electron chi connectivity index (χ3n) is 1.64. The van der Waals surface area contributed by atoms with Crippen LogP contribution >= 0.6 is 0 Å². The quantitative estimate of drug-likeness (QED) is 0.620. The molecule has 1 heterocycles. The lowest BCUT2D eigenvalue weighted by atomic mass is 10.1. The van der Waals surface area contributed by atoms with Crippen molar-refractivity contribution >= 4 is 11.8 Å².